The van der Waals surface area contributed by atoms with Gasteiger partial charge in [-0.05, 0) is 69.2 Å². The van der Waals surface area contributed by atoms with Crippen LogP contribution in [0.1, 0.15) is 52.9 Å². The number of amides is 2. The van der Waals surface area contributed by atoms with E-state index in [0.29, 0.717) is 30.0 Å². The van der Waals surface area contributed by atoms with Gasteiger partial charge in [0.15, 0.2) is 0 Å². The first kappa shape index (κ1) is 30.3. The number of nitrogens with zero attached hydrogens (tertiary/aromatic N) is 2. The normalized spacial score (nSPS) is 29.4. The Labute approximate surface area is 241 Å². The molecule has 1 spiro atoms. The number of halogens is 1. The van der Waals surface area contributed by atoms with Crippen LogP contribution < -0.4 is 4.90 Å². The summed E-state index contributed by atoms with van der Waals surface area (Å²) in [6.07, 6.45) is 6.77. The van der Waals surface area contributed by atoms with Gasteiger partial charge in [0.05, 0.1) is 30.8 Å². The maximum absolute atomic E-state index is 14.6. The Morgan fingerprint density at radius 1 is 1.23 bits per heavy atom. The zero-order valence-corrected chi connectivity index (χ0v) is 24.4. The van der Waals surface area contributed by atoms with Crippen molar-refractivity contribution in [3.63, 3.8) is 0 Å². The molecule has 0 aliphatic carbocycles. The molecule has 40 heavy (non-hydrogen) atoms. The molecule has 0 radical (unpaired) electrons. The van der Waals surface area contributed by atoms with Crippen molar-refractivity contribution in [2.75, 3.05) is 24.7 Å². The molecule has 3 aliphatic heterocycles. The summed E-state index contributed by atoms with van der Waals surface area (Å²) >= 11 is 6.11. The minimum Gasteiger partial charge on any atom is -0.465 e. The fraction of sp³-hybridized carbons (Fsp3) is 0.581. The second-order valence-corrected chi connectivity index (χ2v) is 12.1. The minimum atomic E-state index is -1.22. The Morgan fingerprint density at radius 3 is 2.52 bits per heavy atom. The lowest BCUT2D eigenvalue weighted by molar-refractivity contribution is -0.161. The number of rotatable bonds is 13. The van der Waals surface area contributed by atoms with Crippen molar-refractivity contribution in [2.45, 2.75) is 76.2 Å². The molecule has 1 aromatic carbocycles. The van der Waals surface area contributed by atoms with Crippen molar-refractivity contribution in [2.24, 2.45) is 17.8 Å². The summed E-state index contributed by atoms with van der Waals surface area (Å²) in [7, 11) is 0. The lowest BCUT2D eigenvalue weighted by atomic mass is 9.66. The summed E-state index contributed by atoms with van der Waals surface area (Å²) in [6, 6.07) is 5.21. The molecule has 2 amide bonds. The van der Waals surface area contributed by atoms with Crippen LogP contribution in [-0.4, -0.2) is 70.8 Å². The first-order chi connectivity index (χ1) is 19.1. The summed E-state index contributed by atoms with van der Waals surface area (Å²) in [6.45, 7) is 13.3. The number of unbranched alkanes of at least 4 members (excludes halogenated alkanes) is 2. The van der Waals surface area contributed by atoms with Gasteiger partial charge in [0.1, 0.15) is 17.6 Å². The molecule has 1 aromatic rings. The summed E-state index contributed by atoms with van der Waals surface area (Å²) < 4.78 is 12.4. The molecule has 9 heteroatoms. The molecule has 3 fully saturated rings. The number of esters is 1. The summed E-state index contributed by atoms with van der Waals surface area (Å²) in [4.78, 5) is 45.5. The molecule has 3 aliphatic rings. The van der Waals surface area contributed by atoms with Gasteiger partial charge in [0.2, 0.25) is 5.91 Å². The highest BCUT2D eigenvalue weighted by Crippen LogP contribution is 2.64. The highest BCUT2D eigenvalue weighted by Gasteiger charge is 2.79. The lowest BCUT2D eigenvalue weighted by Gasteiger charge is -2.40. The van der Waals surface area contributed by atoms with Crippen molar-refractivity contribution in [1.82, 2.24) is 4.90 Å². The molecular weight excluding hydrogens is 532 g/mol. The standard InChI is InChI=1S/C31H41ClN2O6/c1-6-8-9-10-18-39-29(38)25-24-27(36)34(23(19-35)20(3)4)26(31(24)16-15-30(25,5)40-31)28(37)33(17-7-2)22-13-11-21(32)12-14-22/h6-7,11-14,20,23-26,35H,1-2,8-10,15-19H2,3-5H3/t23-,24-,25+,26?,30-,31?/m0/s1. The number of hydrogen-bond donors (Lipinski definition) is 1. The number of likely N-dealkylation sites (tertiary alicyclic amines) is 1. The third-order valence-corrected chi connectivity index (χ3v) is 9.03. The van der Waals surface area contributed by atoms with Crippen molar-refractivity contribution < 1.29 is 29.0 Å². The number of aliphatic hydroxyl groups is 1. The van der Waals surface area contributed by atoms with Crippen LogP contribution in [-0.2, 0) is 23.9 Å². The maximum Gasteiger partial charge on any atom is 0.312 e. The van der Waals surface area contributed by atoms with Gasteiger partial charge in [-0.1, -0.05) is 37.6 Å². The van der Waals surface area contributed by atoms with Crippen molar-refractivity contribution in [3.05, 3.63) is 54.6 Å². The second kappa shape index (κ2) is 12.0. The van der Waals surface area contributed by atoms with Gasteiger partial charge in [0, 0.05) is 17.3 Å². The van der Waals surface area contributed by atoms with Crippen LogP contribution in [0.2, 0.25) is 5.02 Å². The zero-order chi connectivity index (χ0) is 29.2. The fourth-order valence-corrected chi connectivity index (χ4v) is 6.98. The quantitative estimate of drug-likeness (QED) is 0.212. The molecular formula is C31H41ClN2O6. The number of anilines is 1. The monoisotopic (exact) mass is 572 g/mol. The van der Waals surface area contributed by atoms with Crippen molar-refractivity contribution in [3.8, 4) is 0 Å². The first-order valence-corrected chi connectivity index (χ1v) is 14.5. The highest BCUT2D eigenvalue weighted by molar-refractivity contribution is 6.30. The predicted octanol–water partition coefficient (Wildman–Crippen LogP) is 4.54. The molecule has 2 unspecified atom stereocenters. The molecule has 1 N–H and O–H groups in total. The van der Waals surface area contributed by atoms with Gasteiger partial charge in [0.25, 0.3) is 5.91 Å². The minimum absolute atomic E-state index is 0.147. The number of allylic oxidation sites excluding steroid dienone is 1. The Kier molecular flexibility index (Phi) is 9.12. The molecule has 8 nitrogen and oxygen atoms in total. The van der Waals surface area contributed by atoms with Gasteiger partial charge in [-0.25, -0.2) is 0 Å². The number of aliphatic hydroxyl groups excluding tert-OH is 1. The second-order valence-electron chi connectivity index (χ2n) is 11.6. The Bertz CT molecular complexity index is 1140. The van der Waals surface area contributed by atoms with Gasteiger partial charge < -0.3 is 24.4 Å². The number of benzene rings is 1. The van der Waals surface area contributed by atoms with Crippen LogP contribution >= 0.6 is 11.6 Å². The van der Waals surface area contributed by atoms with E-state index in [9.17, 15) is 19.5 Å². The average Bonchev–Trinajstić information content (AvgIpc) is 3.48. The number of carbonyl (C=O) groups is 3. The lowest BCUT2D eigenvalue weighted by Crippen LogP contribution is -2.60. The van der Waals surface area contributed by atoms with E-state index in [2.05, 4.69) is 13.2 Å². The van der Waals surface area contributed by atoms with Crippen LogP contribution in [0, 0.1) is 17.8 Å². The van der Waals surface area contributed by atoms with E-state index in [1.54, 1.807) is 35.2 Å². The molecule has 3 heterocycles. The SMILES string of the molecule is C=CCCCCOC(=O)[C@H]1[C@H]2C(=O)N([C@@H](CO)C(C)C)C(C(=O)N(CC=C)c3ccc(Cl)cc3)C23CC[C@]1(C)O3. The zero-order valence-electron chi connectivity index (χ0n) is 23.7. The number of carbonyl (C=O) groups excluding carboxylic acids is 3. The topological polar surface area (TPSA) is 96.4 Å². The van der Waals surface area contributed by atoms with Crippen LogP contribution in [0.4, 0.5) is 5.69 Å². The highest BCUT2D eigenvalue weighted by atomic mass is 35.5. The van der Waals surface area contributed by atoms with E-state index < -0.39 is 41.1 Å². The Hall–Kier alpha value is -2.68. The summed E-state index contributed by atoms with van der Waals surface area (Å²) in [5.74, 6) is -3.05. The number of ether oxygens (including phenoxy) is 2. The molecule has 2 bridgehead atoms. The van der Waals surface area contributed by atoms with E-state index in [1.165, 1.54) is 4.90 Å². The predicted molar refractivity (Wildman–Crippen MR) is 154 cm³/mol. The van der Waals surface area contributed by atoms with E-state index in [-0.39, 0.29) is 37.5 Å². The van der Waals surface area contributed by atoms with Crippen LogP contribution in [0.5, 0.6) is 0 Å². The van der Waals surface area contributed by atoms with E-state index in [4.69, 9.17) is 21.1 Å². The molecule has 218 valence electrons. The molecule has 4 rings (SSSR count). The maximum atomic E-state index is 14.6. The Balaban J connectivity index is 1.75. The third kappa shape index (κ3) is 5.10. The fourth-order valence-electron chi connectivity index (χ4n) is 6.85. The number of hydrogen-bond acceptors (Lipinski definition) is 6. The van der Waals surface area contributed by atoms with Crippen LogP contribution in [0.3, 0.4) is 0 Å². The largest absolute Gasteiger partial charge is 0.465 e. The molecule has 3 saturated heterocycles. The summed E-state index contributed by atoms with van der Waals surface area (Å²) in [5, 5.41) is 10.9. The van der Waals surface area contributed by atoms with Crippen LogP contribution in [0.25, 0.3) is 0 Å². The van der Waals surface area contributed by atoms with Gasteiger partial charge in [-0.15, -0.1) is 13.2 Å². The number of fused-ring (bicyclic) bond motifs is 1. The van der Waals surface area contributed by atoms with E-state index >= 15 is 0 Å². The Morgan fingerprint density at radius 2 is 1.93 bits per heavy atom. The molecule has 6 atom stereocenters. The van der Waals surface area contributed by atoms with E-state index in [1.807, 2.05) is 26.8 Å². The molecule has 0 saturated carbocycles. The smallest absolute Gasteiger partial charge is 0.312 e. The molecule has 0 aromatic heterocycles. The average molecular weight is 573 g/mol. The first-order valence-electron chi connectivity index (χ1n) is 14.1. The van der Waals surface area contributed by atoms with Crippen LogP contribution in [0.15, 0.2) is 49.6 Å². The van der Waals surface area contributed by atoms with Gasteiger partial charge in [-0.2, -0.15) is 0 Å². The van der Waals surface area contributed by atoms with Gasteiger partial charge in [-0.3, -0.25) is 14.4 Å². The van der Waals surface area contributed by atoms with Crippen molar-refractivity contribution >= 4 is 35.1 Å². The summed E-state index contributed by atoms with van der Waals surface area (Å²) in [5.41, 5.74) is -1.55. The van der Waals surface area contributed by atoms with Crippen molar-refractivity contribution in [1.29, 1.82) is 0 Å². The van der Waals surface area contributed by atoms with Gasteiger partial charge >= 0.3 is 5.97 Å². The van der Waals surface area contributed by atoms with E-state index in [0.717, 1.165) is 12.8 Å². The third-order valence-electron chi connectivity index (χ3n) is 8.78.